The molecule has 0 bridgehead atoms. The Balaban J connectivity index is 3.01. The van der Waals surface area contributed by atoms with Crippen molar-refractivity contribution in [1.82, 2.24) is 4.31 Å². The first-order valence-corrected chi connectivity index (χ1v) is 7.15. The average Bonchev–Trinajstić information content (AvgIpc) is 2.36. The Morgan fingerprint density at radius 2 is 1.89 bits per heavy atom. The smallest absolute Gasteiger partial charge is 0.318 e. The molecular formula is C12H17NO5S. The third-order valence-electron chi connectivity index (χ3n) is 2.54. The summed E-state index contributed by atoms with van der Waals surface area (Å²) in [6.45, 7) is 1.56. The van der Waals surface area contributed by atoms with Crippen molar-refractivity contribution < 1.29 is 23.1 Å². The van der Waals surface area contributed by atoms with Crippen molar-refractivity contribution in [1.29, 1.82) is 0 Å². The molecular weight excluding hydrogens is 270 g/mol. The maximum Gasteiger partial charge on any atom is 0.318 e. The number of carboxylic acid groups (broad SMARTS) is 1. The van der Waals surface area contributed by atoms with Gasteiger partial charge in [-0.3, -0.25) is 4.79 Å². The van der Waals surface area contributed by atoms with Crippen LogP contribution >= 0.6 is 0 Å². The molecule has 7 heteroatoms. The average molecular weight is 287 g/mol. The number of rotatable bonds is 7. The summed E-state index contributed by atoms with van der Waals surface area (Å²) < 4.78 is 30.3. The Labute approximate surface area is 112 Å². The fourth-order valence-corrected chi connectivity index (χ4v) is 2.99. The van der Waals surface area contributed by atoms with Crippen molar-refractivity contribution in [3.8, 4) is 0 Å². The van der Waals surface area contributed by atoms with Crippen molar-refractivity contribution in [3.63, 3.8) is 0 Å². The van der Waals surface area contributed by atoms with E-state index in [1.807, 2.05) is 0 Å². The van der Waals surface area contributed by atoms with Gasteiger partial charge in [-0.15, -0.1) is 0 Å². The van der Waals surface area contributed by atoms with Gasteiger partial charge in [-0.1, -0.05) is 19.1 Å². The number of sulfonamides is 1. The molecule has 106 valence electrons. The largest absolute Gasteiger partial charge is 0.480 e. The lowest BCUT2D eigenvalue weighted by molar-refractivity contribution is -0.137. The Bertz CT molecular complexity index is 524. The quantitative estimate of drug-likeness (QED) is 0.806. The normalized spacial score (nSPS) is 11.7. The maximum absolute atomic E-state index is 12.2. The van der Waals surface area contributed by atoms with Crippen LogP contribution in [0.25, 0.3) is 0 Å². The minimum atomic E-state index is -3.77. The standard InChI is InChI=1S/C12H17NO5S/c1-3-13(8-12(14)15)19(16,17)11-6-4-10(5-7-11)9-18-2/h4-7H,3,8-9H2,1-2H3,(H,14,15). The second kappa shape index (κ2) is 6.65. The summed E-state index contributed by atoms with van der Waals surface area (Å²) in [4.78, 5) is 10.7. The van der Waals surface area contributed by atoms with Crippen LogP contribution in [0.5, 0.6) is 0 Å². The number of hydrogen-bond donors (Lipinski definition) is 1. The Morgan fingerprint density at radius 1 is 1.32 bits per heavy atom. The van der Waals surface area contributed by atoms with E-state index in [-0.39, 0.29) is 11.4 Å². The molecule has 0 radical (unpaired) electrons. The number of carboxylic acids is 1. The molecule has 0 spiro atoms. The number of aliphatic carboxylic acids is 1. The molecule has 0 saturated carbocycles. The summed E-state index contributed by atoms with van der Waals surface area (Å²) in [7, 11) is -2.21. The van der Waals surface area contributed by atoms with Crippen molar-refractivity contribution in [2.24, 2.45) is 0 Å². The van der Waals surface area contributed by atoms with E-state index in [1.165, 1.54) is 12.1 Å². The van der Waals surface area contributed by atoms with Gasteiger partial charge in [0.2, 0.25) is 10.0 Å². The summed E-state index contributed by atoms with van der Waals surface area (Å²) in [5, 5.41) is 8.72. The highest BCUT2D eigenvalue weighted by Gasteiger charge is 2.24. The minimum Gasteiger partial charge on any atom is -0.480 e. The molecule has 1 aromatic rings. The van der Waals surface area contributed by atoms with E-state index in [0.717, 1.165) is 9.87 Å². The molecule has 1 rings (SSSR count). The Morgan fingerprint density at radius 3 is 2.32 bits per heavy atom. The van der Waals surface area contributed by atoms with Gasteiger partial charge in [0.15, 0.2) is 0 Å². The van der Waals surface area contributed by atoms with E-state index >= 15 is 0 Å². The van der Waals surface area contributed by atoms with Crippen LogP contribution in [0.2, 0.25) is 0 Å². The van der Waals surface area contributed by atoms with E-state index in [0.29, 0.717) is 6.61 Å². The number of likely N-dealkylation sites (N-methyl/N-ethyl adjacent to an activating group) is 1. The summed E-state index contributed by atoms with van der Waals surface area (Å²) >= 11 is 0. The van der Waals surface area contributed by atoms with E-state index in [9.17, 15) is 13.2 Å². The van der Waals surface area contributed by atoms with Crippen LogP contribution in [0, 0.1) is 0 Å². The third-order valence-corrected chi connectivity index (χ3v) is 4.47. The van der Waals surface area contributed by atoms with E-state index in [2.05, 4.69) is 0 Å². The molecule has 0 fully saturated rings. The van der Waals surface area contributed by atoms with Crippen LogP contribution in [-0.4, -0.2) is 44.0 Å². The zero-order valence-corrected chi connectivity index (χ0v) is 11.7. The number of carbonyl (C=O) groups is 1. The molecule has 0 aliphatic heterocycles. The molecule has 0 aromatic heterocycles. The molecule has 0 saturated heterocycles. The number of hydrogen-bond acceptors (Lipinski definition) is 4. The SMILES string of the molecule is CCN(CC(=O)O)S(=O)(=O)c1ccc(COC)cc1. The van der Waals surface area contributed by atoms with E-state index in [4.69, 9.17) is 9.84 Å². The monoisotopic (exact) mass is 287 g/mol. The van der Waals surface area contributed by atoms with Crippen molar-refractivity contribution >= 4 is 16.0 Å². The molecule has 1 N–H and O–H groups in total. The number of ether oxygens (including phenoxy) is 1. The zero-order valence-electron chi connectivity index (χ0n) is 10.9. The molecule has 0 heterocycles. The zero-order chi connectivity index (χ0) is 14.5. The maximum atomic E-state index is 12.2. The summed E-state index contributed by atoms with van der Waals surface area (Å²) in [6, 6.07) is 6.19. The van der Waals surface area contributed by atoms with Crippen LogP contribution in [0.3, 0.4) is 0 Å². The third kappa shape index (κ3) is 4.02. The van der Waals surface area contributed by atoms with Crippen LogP contribution in [0.4, 0.5) is 0 Å². The molecule has 0 aliphatic rings. The number of methoxy groups -OCH3 is 1. The van der Waals surface area contributed by atoms with Gasteiger partial charge in [0.05, 0.1) is 11.5 Å². The second-order valence-corrected chi connectivity index (χ2v) is 5.84. The van der Waals surface area contributed by atoms with E-state index in [1.54, 1.807) is 26.2 Å². The second-order valence-electron chi connectivity index (χ2n) is 3.90. The predicted octanol–water partition coefficient (Wildman–Crippen LogP) is 0.928. The highest BCUT2D eigenvalue weighted by atomic mass is 32.2. The van der Waals surface area contributed by atoms with Crippen LogP contribution in [0.1, 0.15) is 12.5 Å². The van der Waals surface area contributed by atoms with Crippen LogP contribution < -0.4 is 0 Å². The van der Waals surface area contributed by atoms with Crippen molar-refractivity contribution in [2.45, 2.75) is 18.4 Å². The first-order valence-electron chi connectivity index (χ1n) is 5.71. The van der Waals surface area contributed by atoms with Gasteiger partial charge in [0.1, 0.15) is 6.54 Å². The molecule has 1 aromatic carbocycles. The first-order chi connectivity index (χ1) is 8.91. The van der Waals surface area contributed by atoms with E-state index < -0.39 is 22.5 Å². The summed E-state index contributed by atoms with van der Waals surface area (Å²) in [6.07, 6.45) is 0. The van der Waals surface area contributed by atoms with Gasteiger partial charge in [-0.05, 0) is 17.7 Å². The van der Waals surface area contributed by atoms with Gasteiger partial charge in [0, 0.05) is 13.7 Å². The lowest BCUT2D eigenvalue weighted by Crippen LogP contribution is -2.35. The lowest BCUT2D eigenvalue weighted by atomic mass is 10.2. The van der Waals surface area contributed by atoms with Crippen LogP contribution in [-0.2, 0) is 26.2 Å². The molecule has 0 atom stereocenters. The molecule has 0 unspecified atom stereocenters. The molecule has 6 nitrogen and oxygen atoms in total. The van der Waals surface area contributed by atoms with Gasteiger partial charge in [-0.2, -0.15) is 4.31 Å². The Hall–Kier alpha value is -1.44. The molecule has 19 heavy (non-hydrogen) atoms. The summed E-state index contributed by atoms with van der Waals surface area (Å²) in [5.41, 5.74) is 0.850. The molecule has 0 aliphatic carbocycles. The topological polar surface area (TPSA) is 83.9 Å². The van der Waals surface area contributed by atoms with Gasteiger partial charge in [0.25, 0.3) is 0 Å². The lowest BCUT2D eigenvalue weighted by Gasteiger charge is -2.18. The molecule has 0 amide bonds. The number of benzene rings is 1. The van der Waals surface area contributed by atoms with Gasteiger partial charge >= 0.3 is 5.97 Å². The Kier molecular flexibility index (Phi) is 5.46. The summed E-state index contributed by atoms with van der Waals surface area (Å²) in [5.74, 6) is -1.18. The van der Waals surface area contributed by atoms with Crippen LogP contribution in [0.15, 0.2) is 29.2 Å². The first kappa shape index (κ1) is 15.6. The number of nitrogens with zero attached hydrogens (tertiary/aromatic N) is 1. The fourth-order valence-electron chi connectivity index (χ4n) is 1.59. The van der Waals surface area contributed by atoms with Crippen molar-refractivity contribution in [2.75, 3.05) is 20.2 Å². The highest BCUT2D eigenvalue weighted by Crippen LogP contribution is 2.16. The fraction of sp³-hybridized carbons (Fsp3) is 0.417. The van der Waals surface area contributed by atoms with Crippen molar-refractivity contribution in [3.05, 3.63) is 29.8 Å². The van der Waals surface area contributed by atoms with Gasteiger partial charge < -0.3 is 9.84 Å². The predicted molar refractivity (Wildman–Crippen MR) is 69.2 cm³/mol. The van der Waals surface area contributed by atoms with Gasteiger partial charge in [-0.25, -0.2) is 8.42 Å². The minimum absolute atomic E-state index is 0.0791. The highest BCUT2D eigenvalue weighted by molar-refractivity contribution is 7.89.